The highest BCUT2D eigenvalue weighted by Gasteiger charge is 2.60. The van der Waals surface area contributed by atoms with Crippen LogP contribution in [0.3, 0.4) is 0 Å². The second-order valence-corrected chi connectivity index (χ2v) is 13.5. The van der Waals surface area contributed by atoms with E-state index < -0.39 is 72.3 Å². The Morgan fingerprint density at radius 1 is 0.830 bits per heavy atom. The van der Waals surface area contributed by atoms with E-state index in [0.29, 0.717) is 0 Å². The van der Waals surface area contributed by atoms with Gasteiger partial charge < -0.3 is 43.8 Å². The molecule has 12 heteroatoms. The number of fused-ring (bicyclic) bond motifs is 1. The van der Waals surface area contributed by atoms with E-state index in [9.17, 15) is 14.4 Å². The Hall–Kier alpha value is -3.55. The summed E-state index contributed by atoms with van der Waals surface area (Å²) in [6, 6.07) is 16.4. The van der Waals surface area contributed by atoms with Crippen molar-refractivity contribution in [2.75, 3.05) is 6.61 Å². The fraction of sp³-hybridized carbons (Fsp3) is 0.571. The summed E-state index contributed by atoms with van der Waals surface area (Å²) in [6.45, 7) is 11.3. The zero-order chi connectivity index (χ0) is 33.8. The lowest BCUT2D eigenvalue weighted by atomic mass is 10.0. The molecule has 2 aromatic carbocycles. The Labute approximate surface area is 275 Å². The maximum absolute atomic E-state index is 13.9. The average molecular weight is 655 g/mol. The third-order valence-electron chi connectivity index (χ3n) is 8.09. The van der Waals surface area contributed by atoms with Crippen molar-refractivity contribution in [1.29, 1.82) is 0 Å². The third kappa shape index (κ3) is 9.29. The fourth-order valence-electron chi connectivity index (χ4n) is 5.96. The first kappa shape index (κ1) is 34.8. The summed E-state index contributed by atoms with van der Waals surface area (Å²) in [5, 5.41) is 5.53. The second-order valence-electron chi connectivity index (χ2n) is 13.5. The third-order valence-corrected chi connectivity index (χ3v) is 8.09. The molecule has 0 radical (unpaired) electrons. The monoisotopic (exact) mass is 654 g/mol. The van der Waals surface area contributed by atoms with Crippen molar-refractivity contribution in [3.05, 3.63) is 71.8 Å². The highest BCUT2D eigenvalue weighted by atomic mass is 16.8. The molecule has 2 N–H and O–H groups in total. The Kier molecular flexibility index (Phi) is 10.9. The predicted molar refractivity (Wildman–Crippen MR) is 169 cm³/mol. The van der Waals surface area contributed by atoms with E-state index in [1.165, 1.54) is 0 Å². The number of ether oxygens (including phenoxy) is 7. The summed E-state index contributed by atoms with van der Waals surface area (Å²) in [7, 11) is 0. The van der Waals surface area contributed by atoms with Gasteiger partial charge in [-0.05, 0) is 51.2 Å². The highest BCUT2D eigenvalue weighted by Crippen LogP contribution is 2.42. The summed E-state index contributed by atoms with van der Waals surface area (Å²) in [5.74, 6) is -2.99. The lowest BCUT2D eigenvalue weighted by Gasteiger charge is -2.30. The number of esters is 1. The number of benzene rings is 2. The summed E-state index contributed by atoms with van der Waals surface area (Å²) < 4.78 is 41.5. The zero-order valence-corrected chi connectivity index (χ0v) is 27.8. The first-order valence-electron chi connectivity index (χ1n) is 16.1. The van der Waals surface area contributed by atoms with Crippen molar-refractivity contribution in [2.24, 2.45) is 5.92 Å². The summed E-state index contributed by atoms with van der Waals surface area (Å²) >= 11 is 0. The van der Waals surface area contributed by atoms with Crippen molar-refractivity contribution in [3.8, 4) is 0 Å². The molecule has 3 saturated heterocycles. The van der Waals surface area contributed by atoms with Crippen LogP contribution in [0.25, 0.3) is 0 Å². The van der Waals surface area contributed by atoms with Gasteiger partial charge in [0.15, 0.2) is 30.1 Å². The van der Waals surface area contributed by atoms with Gasteiger partial charge in [0.1, 0.15) is 30.9 Å². The minimum Gasteiger partial charge on any atom is -0.455 e. The summed E-state index contributed by atoms with van der Waals surface area (Å²) in [6.07, 6.45) is -3.95. The van der Waals surface area contributed by atoms with E-state index in [2.05, 4.69) is 10.6 Å². The number of amides is 2. The van der Waals surface area contributed by atoms with E-state index in [4.69, 9.17) is 33.2 Å². The van der Waals surface area contributed by atoms with Crippen molar-refractivity contribution >= 4 is 18.0 Å². The Balaban J connectivity index is 1.30. The zero-order valence-electron chi connectivity index (χ0n) is 27.8. The standard InChI is InChI=1S/C35H46N2O10/c1-21(2)17-25(31(39)43-28-27(26-20-42-34(3,4)45-26)44-32-29(28)46-35(5,6)47-32)36-30(38)24(18-22-13-9-7-10-14-22)37-33(40)41-19-23-15-11-8-12-16-23/h7-16,21,24-29,32H,17-20H2,1-6H3,(H,36,38)(H,37,40)/t24-,25-,26+,27?,28?,29?,32?/m1/s1. The molecular weight excluding hydrogens is 608 g/mol. The van der Waals surface area contributed by atoms with E-state index in [1.807, 2.05) is 74.5 Å². The first-order chi connectivity index (χ1) is 22.3. The van der Waals surface area contributed by atoms with Crippen LogP contribution >= 0.6 is 0 Å². The minimum absolute atomic E-state index is 0.0185. The van der Waals surface area contributed by atoms with Gasteiger partial charge in [0.2, 0.25) is 5.91 Å². The summed E-state index contributed by atoms with van der Waals surface area (Å²) in [4.78, 5) is 40.6. The molecule has 12 nitrogen and oxygen atoms in total. The lowest BCUT2D eigenvalue weighted by Crippen LogP contribution is -2.54. The molecule has 2 amide bonds. The van der Waals surface area contributed by atoms with Crippen LogP contribution in [0.15, 0.2) is 60.7 Å². The number of alkyl carbamates (subject to hydrolysis) is 1. The molecule has 3 heterocycles. The number of hydrogen-bond acceptors (Lipinski definition) is 10. The minimum atomic E-state index is -1.03. The molecule has 47 heavy (non-hydrogen) atoms. The van der Waals surface area contributed by atoms with E-state index in [1.54, 1.807) is 27.7 Å². The molecule has 5 rings (SSSR count). The van der Waals surface area contributed by atoms with Crippen molar-refractivity contribution in [1.82, 2.24) is 10.6 Å². The number of rotatable bonds is 12. The van der Waals surface area contributed by atoms with Crippen LogP contribution < -0.4 is 10.6 Å². The number of carbonyl (C=O) groups excluding carboxylic acids is 3. The fourth-order valence-corrected chi connectivity index (χ4v) is 5.96. The number of nitrogens with one attached hydrogen (secondary N) is 2. The summed E-state index contributed by atoms with van der Waals surface area (Å²) in [5.41, 5.74) is 1.62. The molecule has 0 spiro atoms. The van der Waals surface area contributed by atoms with Gasteiger partial charge in [-0.25, -0.2) is 9.59 Å². The SMILES string of the molecule is CC(C)C[C@@H](NC(=O)[C@@H](Cc1ccccc1)NC(=O)OCc1ccccc1)C(=O)OC1C2OC(C)(C)OC2OC1[C@@H]1COC(C)(C)O1. The van der Waals surface area contributed by atoms with Crippen molar-refractivity contribution < 1.29 is 47.5 Å². The van der Waals surface area contributed by atoms with Crippen molar-refractivity contribution in [3.63, 3.8) is 0 Å². The van der Waals surface area contributed by atoms with Crippen molar-refractivity contribution in [2.45, 2.75) is 115 Å². The molecule has 3 aliphatic heterocycles. The topological polar surface area (TPSA) is 140 Å². The lowest BCUT2D eigenvalue weighted by molar-refractivity contribution is -0.235. The first-order valence-corrected chi connectivity index (χ1v) is 16.1. The molecule has 256 valence electrons. The van der Waals surface area contributed by atoms with Gasteiger partial charge in [0.25, 0.3) is 0 Å². The van der Waals surface area contributed by atoms with Gasteiger partial charge in [-0.1, -0.05) is 74.5 Å². The normalized spacial score (nSPS) is 27.1. The maximum atomic E-state index is 13.9. The highest BCUT2D eigenvalue weighted by molar-refractivity contribution is 5.90. The average Bonchev–Trinajstić information content (AvgIpc) is 3.64. The van der Waals surface area contributed by atoms with Gasteiger partial charge in [-0.15, -0.1) is 0 Å². The van der Waals surface area contributed by atoms with Gasteiger partial charge in [-0.3, -0.25) is 4.79 Å². The largest absolute Gasteiger partial charge is 0.455 e. The van der Waals surface area contributed by atoms with Crippen LogP contribution in [-0.2, 0) is 55.8 Å². The Morgan fingerprint density at radius 3 is 2.11 bits per heavy atom. The van der Waals surface area contributed by atoms with E-state index in [0.717, 1.165) is 11.1 Å². The molecule has 3 aliphatic rings. The molecule has 2 aromatic rings. The van der Waals surface area contributed by atoms with Crippen LogP contribution in [0.5, 0.6) is 0 Å². The Morgan fingerprint density at radius 2 is 1.49 bits per heavy atom. The van der Waals surface area contributed by atoms with E-state index >= 15 is 0 Å². The number of hydrogen-bond donors (Lipinski definition) is 2. The smallest absolute Gasteiger partial charge is 0.408 e. The molecule has 4 unspecified atom stereocenters. The van der Waals surface area contributed by atoms with Crippen LogP contribution in [0.1, 0.15) is 59.1 Å². The van der Waals surface area contributed by atoms with Gasteiger partial charge >= 0.3 is 12.1 Å². The molecular formula is C35H46N2O10. The van der Waals surface area contributed by atoms with Crippen LogP contribution in [0, 0.1) is 5.92 Å². The molecule has 0 aliphatic carbocycles. The maximum Gasteiger partial charge on any atom is 0.408 e. The molecule has 0 bridgehead atoms. The van der Waals surface area contributed by atoms with Crippen LogP contribution in [-0.4, -0.2) is 78.9 Å². The predicted octanol–water partition coefficient (Wildman–Crippen LogP) is 3.99. The number of carbonyl (C=O) groups is 3. The molecule has 0 aromatic heterocycles. The van der Waals surface area contributed by atoms with Gasteiger partial charge in [0, 0.05) is 6.42 Å². The Bertz CT molecular complexity index is 1370. The molecule has 0 saturated carbocycles. The van der Waals surface area contributed by atoms with Gasteiger partial charge in [0.05, 0.1) is 6.61 Å². The van der Waals surface area contributed by atoms with E-state index in [-0.39, 0.29) is 32.0 Å². The van der Waals surface area contributed by atoms with Crippen LogP contribution in [0.4, 0.5) is 4.79 Å². The quantitative estimate of drug-likeness (QED) is 0.323. The van der Waals surface area contributed by atoms with Gasteiger partial charge in [-0.2, -0.15) is 0 Å². The molecule has 3 fully saturated rings. The second kappa shape index (κ2) is 14.7. The molecule has 7 atom stereocenters. The van der Waals surface area contributed by atoms with Crippen LogP contribution in [0.2, 0.25) is 0 Å².